The molecule has 0 amide bonds. The van der Waals surface area contributed by atoms with Crippen molar-refractivity contribution >= 4 is 27.8 Å². The first-order chi connectivity index (χ1) is 4.84. The lowest BCUT2D eigenvalue weighted by Crippen LogP contribution is -1.91. The molecular weight excluding hydrogens is 192 g/mol. The van der Waals surface area contributed by atoms with Crippen LogP contribution in [0.5, 0.6) is 0 Å². The highest BCUT2D eigenvalue weighted by Gasteiger charge is 1.90. The van der Waals surface area contributed by atoms with Gasteiger partial charge in [-0.1, -0.05) is 15.9 Å². The van der Waals surface area contributed by atoms with E-state index in [1.54, 1.807) is 11.2 Å². The second kappa shape index (κ2) is 3.37. The lowest BCUT2D eigenvalue weighted by atomic mass is 10.2. The van der Waals surface area contributed by atoms with Crippen LogP contribution in [-0.2, 0) is 0 Å². The largest absolute Gasteiger partial charge is 0.383 e. The Morgan fingerprint density at radius 3 is 3.00 bits per heavy atom. The van der Waals surface area contributed by atoms with Gasteiger partial charge in [0.1, 0.15) is 5.82 Å². The van der Waals surface area contributed by atoms with Gasteiger partial charge in [0.2, 0.25) is 0 Å². The molecule has 0 radical (unpaired) electrons. The topological polar surface area (TPSA) is 38.9 Å². The Kier molecular flexibility index (Phi) is 2.45. The van der Waals surface area contributed by atoms with Gasteiger partial charge >= 0.3 is 0 Å². The molecule has 0 aromatic carbocycles. The second-order valence-electron chi connectivity index (χ2n) is 1.77. The first-order valence-corrected chi connectivity index (χ1v) is 3.73. The average molecular weight is 199 g/mol. The van der Waals surface area contributed by atoms with Crippen molar-refractivity contribution < 1.29 is 0 Å². The first kappa shape index (κ1) is 7.28. The number of hydrogen-bond acceptors (Lipinski definition) is 2. The number of nitrogens with zero attached hydrogens (tertiary/aromatic N) is 1. The maximum Gasteiger partial charge on any atom is 0.130 e. The Labute approximate surface area is 67.9 Å². The third-order valence-electron chi connectivity index (χ3n) is 1.11. The standard InChI is InChI=1S/C7H7BrN2/c8-4-3-6-2-1-5-10-7(6)9/h1-5H,(H2,9,10)/b4-3-. The molecule has 1 heterocycles. The van der Waals surface area contributed by atoms with Crippen LogP contribution in [0.15, 0.2) is 23.3 Å². The van der Waals surface area contributed by atoms with Gasteiger partial charge in [0.25, 0.3) is 0 Å². The van der Waals surface area contributed by atoms with Crippen LogP contribution in [0.2, 0.25) is 0 Å². The molecule has 0 saturated carbocycles. The second-order valence-corrected chi connectivity index (χ2v) is 2.30. The summed E-state index contributed by atoms with van der Waals surface area (Å²) in [7, 11) is 0. The molecule has 0 bridgehead atoms. The van der Waals surface area contributed by atoms with Crippen molar-refractivity contribution in [2.45, 2.75) is 0 Å². The molecule has 3 heteroatoms. The third-order valence-corrected chi connectivity index (χ3v) is 1.38. The molecule has 10 heavy (non-hydrogen) atoms. The molecule has 0 aliphatic carbocycles. The van der Waals surface area contributed by atoms with Gasteiger partial charge in [-0.15, -0.1) is 0 Å². The van der Waals surface area contributed by atoms with E-state index in [2.05, 4.69) is 20.9 Å². The van der Waals surface area contributed by atoms with Gasteiger partial charge in [-0.05, 0) is 23.2 Å². The van der Waals surface area contributed by atoms with Gasteiger partial charge in [0.05, 0.1) is 0 Å². The Bertz CT molecular complexity index is 245. The van der Waals surface area contributed by atoms with Gasteiger partial charge < -0.3 is 5.73 Å². The van der Waals surface area contributed by atoms with Crippen LogP contribution in [0.3, 0.4) is 0 Å². The molecule has 2 nitrogen and oxygen atoms in total. The maximum absolute atomic E-state index is 5.52. The highest BCUT2D eigenvalue weighted by atomic mass is 79.9. The SMILES string of the molecule is Nc1ncccc1/C=C\Br. The summed E-state index contributed by atoms with van der Waals surface area (Å²) < 4.78 is 0. The summed E-state index contributed by atoms with van der Waals surface area (Å²) in [5, 5.41) is 0. The van der Waals surface area contributed by atoms with Crippen molar-refractivity contribution in [1.82, 2.24) is 4.98 Å². The summed E-state index contributed by atoms with van der Waals surface area (Å²) in [4.78, 5) is 5.65. The van der Waals surface area contributed by atoms with E-state index < -0.39 is 0 Å². The van der Waals surface area contributed by atoms with E-state index in [-0.39, 0.29) is 0 Å². The molecule has 1 aromatic rings. The number of nitrogen functional groups attached to an aromatic ring is 1. The summed E-state index contributed by atoms with van der Waals surface area (Å²) >= 11 is 3.16. The lowest BCUT2D eigenvalue weighted by molar-refractivity contribution is 1.33. The Balaban J connectivity index is 3.03. The predicted molar refractivity (Wildman–Crippen MR) is 46.6 cm³/mol. The third kappa shape index (κ3) is 1.57. The Morgan fingerprint density at radius 1 is 1.60 bits per heavy atom. The molecule has 0 unspecified atom stereocenters. The van der Waals surface area contributed by atoms with Gasteiger partial charge in [0.15, 0.2) is 0 Å². The summed E-state index contributed by atoms with van der Waals surface area (Å²) in [6.07, 6.45) is 3.52. The zero-order valence-corrected chi connectivity index (χ0v) is 6.88. The fourth-order valence-electron chi connectivity index (χ4n) is 0.639. The van der Waals surface area contributed by atoms with Gasteiger partial charge in [-0.2, -0.15) is 0 Å². The Hall–Kier alpha value is -0.830. The van der Waals surface area contributed by atoms with Crippen LogP contribution in [0, 0.1) is 0 Å². The summed E-state index contributed by atoms with van der Waals surface area (Å²) in [6, 6.07) is 3.75. The van der Waals surface area contributed by atoms with Crippen LogP contribution in [-0.4, -0.2) is 4.98 Å². The fourth-order valence-corrected chi connectivity index (χ4v) is 0.924. The van der Waals surface area contributed by atoms with Gasteiger partial charge in [-0.25, -0.2) is 4.98 Å². The smallest absolute Gasteiger partial charge is 0.130 e. The van der Waals surface area contributed by atoms with Crippen molar-refractivity contribution in [3.63, 3.8) is 0 Å². The summed E-state index contributed by atoms with van der Waals surface area (Å²) in [5.74, 6) is 0.554. The van der Waals surface area contributed by atoms with Crippen molar-refractivity contribution in [3.05, 3.63) is 28.9 Å². The van der Waals surface area contributed by atoms with E-state index in [0.29, 0.717) is 5.82 Å². The normalized spacial score (nSPS) is 10.5. The molecule has 0 spiro atoms. The first-order valence-electron chi connectivity index (χ1n) is 2.82. The molecule has 0 aliphatic rings. The molecule has 0 aliphatic heterocycles. The maximum atomic E-state index is 5.52. The van der Waals surface area contributed by atoms with Crippen molar-refractivity contribution in [2.75, 3.05) is 5.73 Å². The van der Waals surface area contributed by atoms with Crippen LogP contribution in [0.1, 0.15) is 5.56 Å². The van der Waals surface area contributed by atoms with E-state index in [1.807, 2.05) is 18.2 Å². The average Bonchev–Trinajstić information content (AvgIpc) is 1.94. The number of hydrogen-bond donors (Lipinski definition) is 1. The molecule has 52 valence electrons. The number of halogens is 1. The molecule has 1 aromatic heterocycles. The zero-order valence-electron chi connectivity index (χ0n) is 5.29. The van der Waals surface area contributed by atoms with E-state index in [0.717, 1.165) is 5.56 Å². The molecule has 0 fully saturated rings. The van der Waals surface area contributed by atoms with Crippen LogP contribution in [0.4, 0.5) is 5.82 Å². The van der Waals surface area contributed by atoms with Crippen LogP contribution in [0.25, 0.3) is 6.08 Å². The lowest BCUT2D eigenvalue weighted by Gasteiger charge is -1.94. The van der Waals surface area contributed by atoms with E-state index in [4.69, 9.17) is 5.73 Å². The minimum absolute atomic E-state index is 0.554. The minimum Gasteiger partial charge on any atom is -0.383 e. The van der Waals surface area contributed by atoms with Crippen molar-refractivity contribution in [1.29, 1.82) is 0 Å². The number of nitrogens with two attached hydrogens (primary N) is 1. The van der Waals surface area contributed by atoms with E-state index in [9.17, 15) is 0 Å². The van der Waals surface area contributed by atoms with E-state index >= 15 is 0 Å². The number of aromatic nitrogens is 1. The van der Waals surface area contributed by atoms with Crippen molar-refractivity contribution in [2.24, 2.45) is 0 Å². The molecule has 0 saturated heterocycles. The molecular formula is C7H7BrN2. The highest BCUT2D eigenvalue weighted by Crippen LogP contribution is 2.09. The van der Waals surface area contributed by atoms with E-state index in [1.165, 1.54) is 0 Å². The number of pyridine rings is 1. The van der Waals surface area contributed by atoms with Crippen LogP contribution >= 0.6 is 15.9 Å². The monoisotopic (exact) mass is 198 g/mol. The predicted octanol–water partition coefficient (Wildman–Crippen LogP) is 2.03. The number of rotatable bonds is 1. The van der Waals surface area contributed by atoms with Crippen LogP contribution < -0.4 is 5.73 Å². The minimum atomic E-state index is 0.554. The summed E-state index contributed by atoms with van der Waals surface area (Å²) in [6.45, 7) is 0. The fraction of sp³-hybridized carbons (Fsp3) is 0. The molecule has 1 rings (SSSR count). The number of anilines is 1. The summed E-state index contributed by atoms with van der Waals surface area (Å²) in [5.41, 5.74) is 6.45. The molecule has 2 N–H and O–H groups in total. The zero-order chi connectivity index (χ0) is 7.40. The molecule has 0 atom stereocenters. The van der Waals surface area contributed by atoms with Crippen molar-refractivity contribution in [3.8, 4) is 0 Å². The Morgan fingerprint density at radius 2 is 2.40 bits per heavy atom. The highest BCUT2D eigenvalue weighted by molar-refractivity contribution is 9.11. The quantitative estimate of drug-likeness (QED) is 0.751. The van der Waals surface area contributed by atoms with Gasteiger partial charge in [0, 0.05) is 11.8 Å². The van der Waals surface area contributed by atoms with Gasteiger partial charge in [-0.3, -0.25) is 0 Å².